The van der Waals surface area contributed by atoms with E-state index in [9.17, 15) is 9.59 Å². The number of hydrogen-bond donors (Lipinski definition) is 2. The second kappa shape index (κ2) is 7.37. The smallest absolute Gasteiger partial charge is 0.251 e. The van der Waals surface area contributed by atoms with Crippen LogP contribution in [0.2, 0.25) is 5.02 Å². The van der Waals surface area contributed by atoms with Crippen molar-refractivity contribution in [3.63, 3.8) is 0 Å². The summed E-state index contributed by atoms with van der Waals surface area (Å²) < 4.78 is 1.67. The number of nitrogens with zero attached hydrogens (tertiary/aromatic N) is 2. The van der Waals surface area contributed by atoms with Gasteiger partial charge in [0.15, 0.2) is 0 Å². The Balaban J connectivity index is 1.77. The van der Waals surface area contributed by atoms with Crippen LogP contribution in [0, 0.1) is 13.8 Å². The van der Waals surface area contributed by atoms with Gasteiger partial charge < -0.3 is 10.6 Å². The van der Waals surface area contributed by atoms with Gasteiger partial charge in [-0.25, -0.2) is 0 Å². The van der Waals surface area contributed by atoms with E-state index in [0.717, 1.165) is 22.4 Å². The summed E-state index contributed by atoms with van der Waals surface area (Å²) in [6.07, 6.45) is 0. The van der Waals surface area contributed by atoms with Crippen molar-refractivity contribution in [1.29, 1.82) is 0 Å². The molecule has 3 aromatic rings. The van der Waals surface area contributed by atoms with Crippen LogP contribution in [-0.4, -0.2) is 27.6 Å². The topological polar surface area (TPSA) is 76.0 Å². The lowest BCUT2D eigenvalue weighted by molar-refractivity contribution is -0.118. The molecule has 2 atom stereocenters. The van der Waals surface area contributed by atoms with E-state index >= 15 is 0 Å². The lowest BCUT2D eigenvalue weighted by Crippen LogP contribution is -2.50. The zero-order valence-corrected chi connectivity index (χ0v) is 17.1. The van der Waals surface area contributed by atoms with E-state index in [1.165, 1.54) is 0 Å². The summed E-state index contributed by atoms with van der Waals surface area (Å²) in [5.41, 5.74) is 4.25. The van der Waals surface area contributed by atoms with Crippen molar-refractivity contribution >= 4 is 29.2 Å². The molecule has 7 heteroatoms. The van der Waals surface area contributed by atoms with E-state index in [2.05, 4.69) is 15.7 Å². The van der Waals surface area contributed by atoms with Crippen molar-refractivity contribution in [2.45, 2.75) is 25.8 Å². The van der Waals surface area contributed by atoms with Crippen molar-refractivity contribution in [2.24, 2.45) is 7.05 Å². The van der Waals surface area contributed by atoms with Gasteiger partial charge in [0.1, 0.15) is 11.9 Å². The van der Waals surface area contributed by atoms with E-state index in [1.54, 1.807) is 36.0 Å². The lowest BCUT2D eigenvalue weighted by Gasteiger charge is -2.32. The van der Waals surface area contributed by atoms with Crippen LogP contribution < -0.4 is 10.6 Å². The van der Waals surface area contributed by atoms with Gasteiger partial charge in [-0.05, 0) is 43.7 Å². The van der Waals surface area contributed by atoms with E-state index in [1.807, 2.05) is 38.1 Å². The molecule has 148 valence electrons. The maximum atomic E-state index is 13.0. The fourth-order valence-electron chi connectivity index (χ4n) is 3.82. The first-order valence-corrected chi connectivity index (χ1v) is 9.70. The molecule has 1 aromatic heterocycles. The van der Waals surface area contributed by atoms with Crippen molar-refractivity contribution in [3.8, 4) is 0 Å². The molecule has 1 aliphatic heterocycles. The minimum absolute atomic E-state index is 0.270. The molecule has 0 aliphatic carbocycles. The van der Waals surface area contributed by atoms with Gasteiger partial charge >= 0.3 is 0 Å². The molecular formula is C22H21ClN4O2. The molecule has 1 aliphatic rings. The third-order valence-corrected chi connectivity index (χ3v) is 5.52. The van der Waals surface area contributed by atoms with Crippen molar-refractivity contribution in [1.82, 2.24) is 15.1 Å². The molecule has 2 amide bonds. The number of aromatic nitrogens is 2. The van der Waals surface area contributed by atoms with Gasteiger partial charge in [-0.2, -0.15) is 5.10 Å². The maximum absolute atomic E-state index is 13.0. The van der Waals surface area contributed by atoms with Gasteiger partial charge in [0, 0.05) is 29.1 Å². The monoisotopic (exact) mass is 408 g/mol. The molecule has 0 unspecified atom stereocenters. The highest BCUT2D eigenvalue weighted by atomic mass is 35.5. The molecule has 0 saturated carbocycles. The average molecular weight is 409 g/mol. The summed E-state index contributed by atoms with van der Waals surface area (Å²) in [7, 11) is 1.80. The lowest BCUT2D eigenvalue weighted by atomic mass is 9.81. The fourth-order valence-corrected chi connectivity index (χ4v) is 3.94. The number of carbonyl (C=O) groups excluding carboxylic acids is 2. The maximum Gasteiger partial charge on any atom is 0.251 e. The highest BCUT2D eigenvalue weighted by Gasteiger charge is 2.41. The number of benzene rings is 2. The normalized spacial score (nSPS) is 18.1. The van der Waals surface area contributed by atoms with E-state index < -0.39 is 6.04 Å². The first-order chi connectivity index (χ1) is 13.8. The van der Waals surface area contributed by atoms with Gasteiger partial charge in [0.05, 0.1) is 5.69 Å². The van der Waals surface area contributed by atoms with E-state index in [-0.39, 0.29) is 17.7 Å². The summed E-state index contributed by atoms with van der Waals surface area (Å²) >= 11 is 5.92. The number of carbonyl (C=O) groups is 2. The van der Waals surface area contributed by atoms with Crippen LogP contribution in [-0.2, 0) is 11.8 Å². The van der Waals surface area contributed by atoms with Crippen LogP contribution in [0.15, 0.2) is 48.5 Å². The van der Waals surface area contributed by atoms with Gasteiger partial charge in [0.2, 0.25) is 5.91 Å². The van der Waals surface area contributed by atoms with Crippen LogP contribution >= 0.6 is 11.6 Å². The molecule has 2 aromatic carbocycles. The Labute approximate surface area is 173 Å². The van der Waals surface area contributed by atoms with Crippen LogP contribution in [0.3, 0.4) is 0 Å². The second-order valence-electron chi connectivity index (χ2n) is 7.31. The second-order valence-corrected chi connectivity index (χ2v) is 7.74. The van der Waals surface area contributed by atoms with E-state index in [0.29, 0.717) is 16.4 Å². The molecular weight excluding hydrogens is 388 g/mol. The van der Waals surface area contributed by atoms with Gasteiger partial charge in [-0.1, -0.05) is 41.4 Å². The van der Waals surface area contributed by atoms with E-state index in [4.69, 9.17) is 11.6 Å². The van der Waals surface area contributed by atoms with Crippen molar-refractivity contribution in [2.75, 3.05) is 5.32 Å². The van der Waals surface area contributed by atoms with Crippen LogP contribution in [0.4, 0.5) is 5.82 Å². The van der Waals surface area contributed by atoms with Crippen LogP contribution in [0.5, 0.6) is 0 Å². The Morgan fingerprint density at radius 1 is 1.10 bits per heavy atom. The molecule has 0 spiro atoms. The predicted molar refractivity (Wildman–Crippen MR) is 112 cm³/mol. The first-order valence-electron chi connectivity index (χ1n) is 9.32. The molecule has 0 radical (unpaired) electrons. The van der Waals surface area contributed by atoms with Gasteiger partial charge in [-0.15, -0.1) is 0 Å². The number of fused-ring (bicyclic) bond motifs is 1. The number of halogens is 1. The molecule has 2 heterocycles. The molecule has 4 rings (SSSR count). The summed E-state index contributed by atoms with van der Waals surface area (Å²) in [5.74, 6) is -0.281. The minimum atomic E-state index is -0.767. The van der Waals surface area contributed by atoms with Crippen molar-refractivity contribution in [3.05, 3.63) is 81.5 Å². The average Bonchev–Trinajstić information content (AvgIpc) is 2.97. The number of hydrogen-bond acceptors (Lipinski definition) is 3. The number of aryl methyl sites for hydroxylation is 3. The predicted octanol–water partition coefficient (Wildman–Crippen LogP) is 3.57. The van der Waals surface area contributed by atoms with Crippen LogP contribution in [0.1, 0.15) is 38.7 Å². The Kier molecular flexibility index (Phi) is 4.88. The number of rotatable bonds is 3. The first kappa shape index (κ1) is 19.2. The SMILES string of the molecule is Cc1ccc([C@@H]2c3c(C)nn(C)c3NC(=O)[C@H]2NC(=O)c2ccc(Cl)cc2)cc1. The molecule has 6 nitrogen and oxygen atoms in total. The molecule has 29 heavy (non-hydrogen) atoms. The Morgan fingerprint density at radius 2 is 1.76 bits per heavy atom. The van der Waals surface area contributed by atoms with Crippen LogP contribution in [0.25, 0.3) is 0 Å². The van der Waals surface area contributed by atoms with Gasteiger partial charge in [-0.3, -0.25) is 14.3 Å². The van der Waals surface area contributed by atoms with Crippen molar-refractivity contribution < 1.29 is 9.59 Å². The third-order valence-electron chi connectivity index (χ3n) is 5.27. The summed E-state index contributed by atoms with van der Waals surface area (Å²) in [4.78, 5) is 25.8. The zero-order valence-electron chi connectivity index (χ0n) is 16.4. The minimum Gasteiger partial charge on any atom is -0.339 e. The molecule has 0 bridgehead atoms. The highest BCUT2D eigenvalue weighted by molar-refractivity contribution is 6.30. The third kappa shape index (κ3) is 3.51. The Bertz CT molecular complexity index is 1090. The summed E-state index contributed by atoms with van der Waals surface area (Å²) in [6.45, 7) is 3.92. The zero-order chi connectivity index (χ0) is 20.7. The highest BCUT2D eigenvalue weighted by Crippen LogP contribution is 2.39. The molecule has 0 saturated heterocycles. The van der Waals surface area contributed by atoms with Gasteiger partial charge in [0.25, 0.3) is 5.91 Å². The number of nitrogens with one attached hydrogen (secondary N) is 2. The standard InChI is InChI=1S/C22H21ClN4O2/c1-12-4-6-14(7-5-12)18-17-13(2)26-27(3)20(17)25-22(29)19(18)24-21(28)15-8-10-16(23)11-9-15/h4-11,18-19H,1-3H3,(H,24,28)(H,25,29)/t18-,19+/m1/s1. The fraction of sp³-hybridized carbons (Fsp3) is 0.227. The largest absolute Gasteiger partial charge is 0.339 e. The summed E-state index contributed by atoms with van der Waals surface area (Å²) in [6, 6.07) is 13.8. The molecule has 0 fully saturated rings. The summed E-state index contributed by atoms with van der Waals surface area (Å²) in [5, 5.41) is 10.8. The molecule has 2 N–H and O–H groups in total. The quantitative estimate of drug-likeness (QED) is 0.695. The number of amides is 2. The Morgan fingerprint density at radius 3 is 2.41 bits per heavy atom. The number of anilines is 1. The Hall–Kier alpha value is -3.12.